The Morgan fingerprint density at radius 2 is 1.63 bits per heavy atom. The first-order valence-corrected chi connectivity index (χ1v) is 21.4. The monoisotopic (exact) mass is 705 g/mol. The fourth-order valence-corrected chi connectivity index (χ4v) is 16.0. The molecule has 2 saturated heterocycles. The quantitative estimate of drug-likeness (QED) is 0.253. The Labute approximate surface area is 311 Å². The molecule has 0 radical (unpaired) electrons. The summed E-state index contributed by atoms with van der Waals surface area (Å²) in [6, 6.07) is 17.0. The van der Waals surface area contributed by atoms with Crippen molar-refractivity contribution in [1.29, 1.82) is 0 Å². The van der Waals surface area contributed by atoms with E-state index < -0.39 is 5.60 Å². The highest BCUT2D eigenvalue weighted by Crippen LogP contribution is 2.71. The fraction of sp³-hybridized carbons (Fsp3) is 0.702. The number of aliphatic hydroxyl groups excluding tert-OH is 2. The lowest BCUT2D eigenvalue weighted by molar-refractivity contribution is -0.180. The van der Waals surface area contributed by atoms with Crippen molar-refractivity contribution in [2.75, 3.05) is 13.1 Å². The maximum Gasteiger partial charge on any atom is 0.115 e. The number of aliphatic hydroxyl groups is 3. The minimum Gasteiger partial charge on any atom is -0.508 e. The zero-order valence-electron chi connectivity index (χ0n) is 31.8. The zero-order chi connectivity index (χ0) is 35.7. The van der Waals surface area contributed by atoms with Gasteiger partial charge < -0.3 is 20.4 Å². The van der Waals surface area contributed by atoms with Crippen LogP contribution in [0.15, 0.2) is 54.6 Å². The molecule has 0 unspecified atom stereocenters. The summed E-state index contributed by atoms with van der Waals surface area (Å²) in [5.74, 6) is 5.50. The van der Waals surface area contributed by atoms with Gasteiger partial charge in [-0.2, -0.15) is 0 Å². The zero-order valence-corrected chi connectivity index (χ0v) is 31.8. The fourth-order valence-electron chi connectivity index (χ4n) is 16.0. The average molecular weight is 706 g/mol. The van der Waals surface area contributed by atoms with Crippen molar-refractivity contribution < 1.29 is 20.4 Å². The molecule has 2 aliphatic heterocycles. The van der Waals surface area contributed by atoms with Crippen LogP contribution in [0.5, 0.6) is 5.75 Å². The molecule has 6 aliphatic carbocycles. The summed E-state index contributed by atoms with van der Waals surface area (Å²) in [7, 11) is 0. The van der Waals surface area contributed by atoms with E-state index in [1.165, 1.54) is 36.0 Å². The first-order valence-electron chi connectivity index (χ1n) is 21.4. The van der Waals surface area contributed by atoms with E-state index >= 15 is 0 Å². The standard InChI is InChI=1S/C47H63NO4/c1-27-11-16-42-46(3,52)38-15-14-34-35(37(38)25-48(42)24-27)20-39-36(34)21-41(50)40-22-43(51)47(26-45(39,40)2)18-17-30(23-47)33-13-12-28-7-4-5-10-32(28)44(33)29-8-6-9-31(49)19-29/h4-10,12-13,19,27,30,33-44,49-52H,11,14-18,20-26H2,1-3H3/t27-,30+,33-,34+,35+,36+,37+,38-,39-,40+,41+,42-,43-,44-,45-,46+,47-/m1/s1. The Hall–Kier alpha value is -2.18. The van der Waals surface area contributed by atoms with Gasteiger partial charge in [0.05, 0.1) is 17.8 Å². The highest BCUT2D eigenvalue weighted by molar-refractivity contribution is 5.61. The summed E-state index contributed by atoms with van der Waals surface area (Å²) in [4.78, 5) is 2.70. The molecule has 0 amide bonds. The molecule has 1 spiro atoms. The second-order valence-electron chi connectivity index (χ2n) is 20.4. The van der Waals surface area contributed by atoms with Crippen LogP contribution in [0, 0.1) is 70.0 Å². The van der Waals surface area contributed by atoms with Gasteiger partial charge in [-0.1, -0.05) is 62.4 Å². The lowest BCUT2D eigenvalue weighted by Crippen LogP contribution is -2.67. The Kier molecular flexibility index (Phi) is 8.03. The smallest absolute Gasteiger partial charge is 0.115 e. The van der Waals surface area contributed by atoms with Crippen LogP contribution in [-0.4, -0.2) is 62.3 Å². The lowest BCUT2D eigenvalue weighted by atomic mass is 9.46. The average Bonchev–Trinajstić information content (AvgIpc) is 3.72. The van der Waals surface area contributed by atoms with Crippen molar-refractivity contribution in [3.8, 4) is 5.75 Å². The van der Waals surface area contributed by atoms with E-state index in [-0.39, 0.29) is 34.9 Å². The molecular weight excluding hydrogens is 643 g/mol. The Balaban J connectivity index is 0.942. The van der Waals surface area contributed by atoms with Crippen molar-refractivity contribution in [3.63, 3.8) is 0 Å². The molecule has 0 bridgehead atoms. The van der Waals surface area contributed by atoms with Gasteiger partial charge in [0.25, 0.3) is 0 Å². The van der Waals surface area contributed by atoms with E-state index in [9.17, 15) is 20.4 Å². The lowest BCUT2D eigenvalue weighted by Gasteiger charge is -2.60. The van der Waals surface area contributed by atoms with Gasteiger partial charge >= 0.3 is 0 Å². The highest BCUT2D eigenvalue weighted by atomic mass is 16.3. The molecule has 7 fully saturated rings. The maximum atomic E-state index is 12.2. The number of hydrogen-bond donors (Lipinski definition) is 4. The van der Waals surface area contributed by atoms with Crippen molar-refractivity contribution in [1.82, 2.24) is 4.90 Å². The molecular formula is C47H63NO4. The number of phenolic OH excluding ortho intramolecular Hbond substituents is 1. The van der Waals surface area contributed by atoms with Crippen molar-refractivity contribution >= 4 is 6.08 Å². The Morgan fingerprint density at radius 3 is 2.48 bits per heavy atom. The SMILES string of the molecule is C[C@@H]1CC[C@H]2N(C1)C[C@H]1[C@H]3C[C@@H]4[C@@H](C[C@H](O)[C@@H]5C[C@@H](O)[C@@]6(CC[C@H]([C@H]7C=Cc8ccccc8[C@H]7c7cccc(O)c7)C6)C[C@]45C)[C@H]3CC[C@H]1[C@]2(C)O. The summed E-state index contributed by atoms with van der Waals surface area (Å²) in [6.45, 7) is 9.42. The molecule has 5 heteroatoms. The molecule has 2 aromatic carbocycles. The largest absolute Gasteiger partial charge is 0.508 e. The van der Waals surface area contributed by atoms with Crippen molar-refractivity contribution in [2.45, 2.75) is 121 Å². The van der Waals surface area contributed by atoms with Gasteiger partial charge in [-0.15, -0.1) is 0 Å². The Morgan fingerprint density at radius 1 is 0.788 bits per heavy atom. The number of aromatic hydroxyl groups is 1. The third-order valence-electron chi connectivity index (χ3n) is 18.1. The molecule has 8 aliphatic rings. The summed E-state index contributed by atoms with van der Waals surface area (Å²) in [5, 5.41) is 47.0. The van der Waals surface area contributed by atoms with Crippen molar-refractivity contribution in [3.05, 3.63) is 71.3 Å². The first kappa shape index (κ1) is 34.3. The summed E-state index contributed by atoms with van der Waals surface area (Å²) >= 11 is 0. The molecule has 5 saturated carbocycles. The van der Waals surface area contributed by atoms with Gasteiger partial charge in [0, 0.05) is 25.0 Å². The molecule has 10 rings (SSSR count). The molecule has 5 nitrogen and oxygen atoms in total. The van der Waals surface area contributed by atoms with Crippen LogP contribution in [0.2, 0.25) is 0 Å². The molecule has 280 valence electrons. The molecule has 2 aromatic rings. The number of piperidine rings is 2. The van der Waals surface area contributed by atoms with Crippen LogP contribution in [0.3, 0.4) is 0 Å². The van der Waals surface area contributed by atoms with Gasteiger partial charge in [0.2, 0.25) is 0 Å². The van der Waals surface area contributed by atoms with E-state index in [1.807, 2.05) is 12.1 Å². The second kappa shape index (κ2) is 12.2. The number of fused-ring (bicyclic) bond motifs is 9. The minimum absolute atomic E-state index is 0.0161. The number of phenols is 1. The molecule has 52 heavy (non-hydrogen) atoms. The van der Waals surface area contributed by atoms with Gasteiger partial charge in [0.1, 0.15) is 5.75 Å². The number of benzene rings is 2. The number of nitrogens with zero attached hydrogens (tertiary/aromatic N) is 1. The molecule has 2 heterocycles. The Bertz CT molecular complexity index is 1720. The summed E-state index contributed by atoms with van der Waals surface area (Å²) in [6.07, 6.45) is 15.9. The number of allylic oxidation sites excluding steroid dienone is 1. The number of hydrogen-bond acceptors (Lipinski definition) is 5. The van der Waals surface area contributed by atoms with Gasteiger partial charge in [0.15, 0.2) is 0 Å². The predicted octanol–water partition coefficient (Wildman–Crippen LogP) is 8.26. The summed E-state index contributed by atoms with van der Waals surface area (Å²) in [5.41, 5.74) is 3.07. The predicted molar refractivity (Wildman–Crippen MR) is 205 cm³/mol. The molecule has 17 atom stereocenters. The van der Waals surface area contributed by atoms with E-state index in [2.05, 4.69) is 68.2 Å². The third-order valence-corrected chi connectivity index (χ3v) is 18.1. The van der Waals surface area contributed by atoms with Gasteiger partial charge in [-0.05, 0) is 176 Å². The van der Waals surface area contributed by atoms with Crippen molar-refractivity contribution in [2.24, 2.45) is 70.0 Å². The summed E-state index contributed by atoms with van der Waals surface area (Å²) < 4.78 is 0. The van der Waals surface area contributed by atoms with Crippen LogP contribution >= 0.6 is 0 Å². The number of rotatable bonds is 2. The minimum atomic E-state index is -0.615. The molecule has 4 N–H and O–H groups in total. The van der Waals surface area contributed by atoms with Gasteiger partial charge in [-0.25, -0.2) is 0 Å². The topological polar surface area (TPSA) is 84.2 Å². The first-order chi connectivity index (χ1) is 25.0. The second-order valence-corrected chi connectivity index (χ2v) is 20.4. The van der Waals surface area contributed by atoms with Crippen LogP contribution in [0.4, 0.5) is 0 Å². The van der Waals surface area contributed by atoms with Crippen LogP contribution in [-0.2, 0) is 0 Å². The van der Waals surface area contributed by atoms with E-state index in [0.29, 0.717) is 65.1 Å². The normalized spacial score (nSPS) is 50.8. The van der Waals surface area contributed by atoms with E-state index in [1.54, 1.807) is 6.07 Å². The maximum absolute atomic E-state index is 12.2. The third kappa shape index (κ3) is 5.00. The highest BCUT2D eigenvalue weighted by Gasteiger charge is 2.67. The molecule has 0 aromatic heterocycles. The van der Waals surface area contributed by atoms with Gasteiger partial charge in [-0.3, -0.25) is 4.90 Å². The van der Waals surface area contributed by atoms with Crippen LogP contribution in [0.1, 0.15) is 114 Å². The van der Waals surface area contributed by atoms with E-state index in [0.717, 1.165) is 64.5 Å². The van der Waals surface area contributed by atoms with E-state index in [4.69, 9.17) is 0 Å². The van der Waals surface area contributed by atoms with Crippen LogP contribution in [0.25, 0.3) is 6.08 Å². The van der Waals surface area contributed by atoms with Crippen LogP contribution < -0.4 is 0 Å².